The van der Waals surface area contributed by atoms with Gasteiger partial charge in [-0.1, -0.05) is 12.1 Å². The lowest BCUT2D eigenvalue weighted by atomic mass is 10.1. The van der Waals surface area contributed by atoms with Crippen molar-refractivity contribution in [1.82, 2.24) is 4.90 Å². The van der Waals surface area contributed by atoms with Crippen LogP contribution in [0, 0.1) is 0 Å². The molecule has 0 bridgehead atoms. The van der Waals surface area contributed by atoms with E-state index < -0.39 is 0 Å². The Hall–Kier alpha value is -1.39. The summed E-state index contributed by atoms with van der Waals surface area (Å²) in [6, 6.07) is 7.47. The quantitative estimate of drug-likeness (QED) is 0.880. The van der Waals surface area contributed by atoms with Crippen LogP contribution in [0.1, 0.15) is 35.2 Å². The fraction of sp³-hybridized carbons (Fsp3) is 0.533. The molecule has 4 heteroatoms. The maximum atomic E-state index is 11.0. The number of carbonyl (C=O) groups excluding carboxylic acids is 1. The molecule has 1 saturated heterocycles. The number of benzene rings is 1. The smallest absolute Gasteiger partial charge is 0.248 e. The number of nitrogens with zero attached hydrogens (tertiary/aromatic N) is 1. The van der Waals surface area contributed by atoms with Crippen LogP contribution in [0.15, 0.2) is 24.3 Å². The standard InChI is InChI=1S/C15H22N2O2/c1-17(11-14-4-2-3-9-19-14)10-12-5-7-13(8-6-12)15(16)18/h5-8,14H,2-4,9-11H2,1H3,(H2,16,18)/t14-/m0/s1. The number of primary amides is 1. The monoisotopic (exact) mass is 262 g/mol. The van der Waals surface area contributed by atoms with Crippen molar-refractivity contribution in [1.29, 1.82) is 0 Å². The molecule has 1 aliphatic heterocycles. The Morgan fingerprint density at radius 3 is 2.68 bits per heavy atom. The SMILES string of the molecule is CN(Cc1ccc(C(N)=O)cc1)C[C@@H]1CCCCO1. The fourth-order valence-electron chi connectivity index (χ4n) is 2.45. The molecule has 0 saturated carbocycles. The number of hydrogen-bond acceptors (Lipinski definition) is 3. The highest BCUT2D eigenvalue weighted by molar-refractivity contribution is 5.92. The molecule has 1 aromatic rings. The molecular formula is C15H22N2O2. The number of ether oxygens (including phenoxy) is 1. The van der Waals surface area contributed by atoms with Crippen molar-refractivity contribution in [3.8, 4) is 0 Å². The van der Waals surface area contributed by atoms with E-state index in [9.17, 15) is 4.79 Å². The summed E-state index contributed by atoms with van der Waals surface area (Å²) in [6.45, 7) is 2.71. The Bertz CT molecular complexity index is 411. The zero-order chi connectivity index (χ0) is 13.7. The van der Waals surface area contributed by atoms with Gasteiger partial charge in [-0.25, -0.2) is 0 Å². The molecular weight excluding hydrogens is 240 g/mol. The van der Waals surface area contributed by atoms with E-state index in [1.165, 1.54) is 18.4 Å². The zero-order valence-electron chi connectivity index (χ0n) is 11.5. The normalized spacial score (nSPS) is 19.6. The Labute approximate surface area is 114 Å². The molecule has 0 aliphatic carbocycles. The third kappa shape index (κ3) is 4.33. The van der Waals surface area contributed by atoms with Gasteiger partial charge in [0, 0.05) is 25.3 Å². The summed E-state index contributed by atoms with van der Waals surface area (Å²) in [5.74, 6) is -0.379. The molecule has 0 spiro atoms. The second-order valence-electron chi connectivity index (χ2n) is 5.25. The lowest BCUT2D eigenvalue weighted by molar-refractivity contribution is -0.00259. The summed E-state index contributed by atoms with van der Waals surface area (Å²) in [4.78, 5) is 13.3. The van der Waals surface area contributed by atoms with Crippen molar-refractivity contribution < 1.29 is 9.53 Å². The molecule has 1 amide bonds. The molecule has 1 heterocycles. The molecule has 1 atom stereocenters. The van der Waals surface area contributed by atoms with Gasteiger partial charge in [-0.15, -0.1) is 0 Å². The predicted molar refractivity (Wildman–Crippen MR) is 74.9 cm³/mol. The van der Waals surface area contributed by atoms with E-state index in [0.29, 0.717) is 11.7 Å². The summed E-state index contributed by atoms with van der Waals surface area (Å²) in [7, 11) is 2.10. The van der Waals surface area contributed by atoms with Crippen molar-refractivity contribution in [2.75, 3.05) is 20.2 Å². The first-order valence-electron chi connectivity index (χ1n) is 6.84. The van der Waals surface area contributed by atoms with E-state index in [4.69, 9.17) is 10.5 Å². The average Bonchev–Trinajstić information content (AvgIpc) is 2.40. The van der Waals surface area contributed by atoms with Crippen LogP contribution < -0.4 is 5.73 Å². The van der Waals surface area contributed by atoms with Crippen LogP contribution in [-0.2, 0) is 11.3 Å². The van der Waals surface area contributed by atoms with Crippen LogP contribution in [0.4, 0.5) is 0 Å². The van der Waals surface area contributed by atoms with Crippen LogP contribution in [0.3, 0.4) is 0 Å². The molecule has 0 aromatic heterocycles. The average molecular weight is 262 g/mol. The minimum Gasteiger partial charge on any atom is -0.377 e. The lowest BCUT2D eigenvalue weighted by Gasteiger charge is -2.27. The predicted octanol–water partition coefficient (Wildman–Crippen LogP) is 1.79. The maximum Gasteiger partial charge on any atom is 0.248 e. The molecule has 1 aliphatic rings. The number of rotatable bonds is 5. The second kappa shape index (κ2) is 6.68. The van der Waals surface area contributed by atoms with Crippen LogP contribution in [0.5, 0.6) is 0 Å². The van der Waals surface area contributed by atoms with Gasteiger partial charge in [0.05, 0.1) is 6.10 Å². The highest BCUT2D eigenvalue weighted by atomic mass is 16.5. The first-order valence-corrected chi connectivity index (χ1v) is 6.84. The zero-order valence-corrected chi connectivity index (χ0v) is 11.5. The maximum absolute atomic E-state index is 11.0. The van der Waals surface area contributed by atoms with E-state index in [2.05, 4.69) is 11.9 Å². The van der Waals surface area contributed by atoms with E-state index in [0.717, 1.165) is 26.1 Å². The van der Waals surface area contributed by atoms with Gasteiger partial charge in [0.15, 0.2) is 0 Å². The van der Waals surface area contributed by atoms with Crippen molar-refractivity contribution in [3.63, 3.8) is 0 Å². The number of hydrogen-bond donors (Lipinski definition) is 1. The van der Waals surface area contributed by atoms with Gasteiger partial charge in [-0.2, -0.15) is 0 Å². The summed E-state index contributed by atoms with van der Waals surface area (Å²) in [5, 5.41) is 0. The van der Waals surface area contributed by atoms with E-state index >= 15 is 0 Å². The summed E-state index contributed by atoms with van der Waals surface area (Å²) < 4.78 is 5.73. The van der Waals surface area contributed by atoms with Gasteiger partial charge in [0.25, 0.3) is 0 Å². The Morgan fingerprint density at radius 2 is 2.11 bits per heavy atom. The second-order valence-corrected chi connectivity index (χ2v) is 5.25. The van der Waals surface area contributed by atoms with Crippen molar-refractivity contribution >= 4 is 5.91 Å². The fourth-order valence-corrected chi connectivity index (χ4v) is 2.45. The van der Waals surface area contributed by atoms with Gasteiger partial charge >= 0.3 is 0 Å². The Morgan fingerprint density at radius 1 is 1.37 bits per heavy atom. The molecule has 1 fully saturated rings. The van der Waals surface area contributed by atoms with E-state index in [1.54, 1.807) is 12.1 Å². The largest absolute Gasteiger partial charge is 0.377 e. The highest BCUT2D eigenvalue weighted by Gasteiger charge is 2.15. The summed E-state index contributed by atoms with van der Waals surface area (Å²) in [5.41, 5.74) is 6.96. The van der Waals surface area contributed by atoms with E-state index in [1.807, 2.05) is 12.1 Å². The first kappa shape index (κ1) is 14.0. The van der Waals surface area contributed by atoms with Crippen LogP contribution in [0.25, 0.3) is 0 Å². The molecule has 4 nitrogen and oxygen atoms in total. The molecule has 2 rings (SSSR count). The van der Waals surface area contributed by atoms with Gasteiger partial charge in [0.1, 0.15) is 0 Å². The van der Waals surface area contributed by atoms with Crippen molar-refractivity contribution in [2.45, 2.75) is 31.9 Å². The first-order chi connectivity index (χ1) is 9.15. The summed E-state index contributed by atoms with van der Waals surface area (Å²) in [6.07, 6.45) is 3.98. The van der Waals surface area contributed by atoms with Crippen molar-refractivity contribution in [3.05, 3.63) is 35.4 Å². The number of carbonyl (C=O) groups is 1. The van der Waals surface area contributed by atoms with Gasteiger partial charge in [-0.3, -0.25) is 9.69 Å². The van der Waals surface area contributed by atoms with Gasteiger partial charge < -0.3 is 10.5 Å². The lowest BCUT2D eigenvalue weighted by Crippen LogP contribution is -2.33. The molecule has 0 radical (unpaired) electrons. The Balaban J connectivity index is 1.83. The third-order valence-electron chi connectivity index (χ3n) is 3.48. The molecule has 1 aromatic carbocycles. The van der Waals surface area contributed by atoms with E-state index in [-0.39, 0.29) is 5.91 Å². The Kier molecular flexibility index (Phi) is 4.93. The minimum absolute atomic E-state index is 0.364. The van der Waals surface area contributed by atoms with Crippen molar-refractivity contribution in [2.24, 2.45) is 5.73 Å². The third-order valence-corrected chi connectivity index (χ3v) is 3.48. The van der Waals surface area contributed by atoms with Crippen LogP contribution in [0.2, 0.25) is 0 Å². The summed E-state index contributed by atoms with van der Waals surface area (Å²) >= 11 is 0. The van der Waals surface area contributed by atoms with Gasteiger partial charge in [0.2, 0.25) is 5.91 Å². The number of amides is 1. The molecule has 104 valence electrons. The van der Waals surface area contributed by atoms with Gasteiger partial charge in [-0.05, 0) is 44.0 Å². The topological polar surface area (TPSA) is 55.6 Å². The molecule has 19 heavy (non-hydrogen) atoms. The van der Waals surface area contributed by atoms with Crippen LogP contribution >= 0.6 is 0 Å². The highest BCUT2D eigenvalue weighted by Crippen LogP contribution is 2.14. The molecule has 2 N–H and O–H groups in total. The number of nitrogens with two attached hydrogens (primary N) is 1. The number of likely N-dealkylation sites (N-methyl/N-ethyl adjacent to an activating group) is 1. The van der Waals surface area contributed by atoms with Crippen LogP contribution in [-0.4, -0.2) is 37.1 Å². The minimum atomic E-state index is -0.379. The molecule has 0 unspecified atom stereocenters.